The Morgan fingerprint density at radius 3 is 2.74 bits per heavy atom. The summed E-state index contributed by atoms with van der Waals surface area (Å²) in [5.41, 5.74) is 6.19. The van der Waals surface area contributed by atoms with Gasteiger partial charge in [0.15, 0.2) is 0 Å². The van der Waals surface area contributed by atoms with E-state index in [1.54, 1.807) is 11.3 Å². The first kappa shape index (κ1) is 16.2. The van der Waals surface area contributed by atoms with Crippen LogP contribution in [0.4, 0.5) is 0 Å². The van der Waals surface area contributed by atoms with Crippen LogP contribution in [-0.2, 0) is 6.54 Å². The summed E-state index contributed by atoms with van der Waals surface area (Å²) in [5, 5.41) is 5.30. The molecule has 0 fully saturated rings. The topological polar surface area (TPSA) is 55.1 Å². The largest absolute Gasteiger partial charge is 0.366 e. The van der Waals surface area contributed by atoms with Crippen LogP contribution in [-0.4, -0.2) is 12.5 Å². The number of rotatable bonds is 9. The zero-order chi connectivity index (χ0) is 14.3. The third-order valence-corrected chi connectivity index (χ3v) is 4.23. The molecule has 0 spiro atoms. The van der Waals surface area contributed by atoms with Crippen LogP contribution in [0.25, 0.3) is 0 Å². The van der Waals surface area contributed by atoms with Crippen molar-refractivity contribution in [3.05, 3.63) is 21.9 Å². The van der Waals surface area contributed by atoms with Gasteiger partial charge < -0.3 is 11.1 Å². The monoisotopic (exact) mass is 282 g/mol. The number of amides is 1. The van der Waals surface area contributed by atoms with Gasteiger partial charge in [-0.25, -0.2) is 0 Å². The summed E-state index contributed by atoms with van der Waals surface area (Å²) in [6.45, 7) is 8.66. The summed E-state index contributed by atoms with van der Waals surface area (Å²) < 4.78 is 0. The minimum Gasteiger partial charge on any atom is -0.366 e. The van der Waals surface area contributed by atoms with Gasteiger partial charge in [-0.1, -0.05) is 40.0 Å². The highest BCUT2D eigenvalue weighted by Crippen LogP contribution is 2.23. The Kier molecular flexibility index (Phi) is 6.52. The highest BCUT2D eigenvalue weighted by atomic mass is 32.1. The zero-order valence-electron chi connectivity index (χ0n) is 12.3. The van der Waals surface area contributed by atoms with Crippen LogP contribution in [0.3, 0.4) is 0 Å². The summed E-state index contributed by atoms with van der Waals surface area (Å²) in [4.78, 5) is 12.2. The predicted molar refractivity (Wildman–Crippen MR) is 82.5 cm³/mol. The number of nitrogens with two attached hydrogens (primary N) is 1. The number of primary amides is 1. The number of hydrogen-bond acceptors (Lipinski definition) is 3. The van der Waals surface area contributed by atoms with Crippen LogP contribution in [0, 0.1) is 5.41 Å². The molecule has 1 heterocycles. The Bertz CT molecular complexity index is 399. The average Bonchev–Trinajstić information content (AvgIpc) is 2.78. The molecule has 1 aromatic rings. The molecule has 0 aliphatic carbocycles. The lowest BCUT2D eigenvalue weighted by atomic mass is 9.87. The molecule has 108 valence electrons. The van der Waals surface area contributed by atoms with E-state index in [1.807, 2.05) is 11.4 Å². The van der Waals surface area contributed by atoms with Crippen molar-refractivity contribution in [2.45, 2.75) is 53.0 Å². The van der Waals surface area contributed by atoms with Crippen molar-refractivity contribution in [1.82, 2.24) is 5.32 Å². The van der Waals surface area contributed by atoms with E-state index in [1.165, 1.54) is 25.7 Å². The molecule has 3 N–H and O–H groups in total. The van der Waals surface area contributed by atoms with Gasteiger partial charge in [0.1, 0.15) is 0 Å². The van der Waals surface area contributed by atoms with Gasteiger partial charge >= 0.3 is 0 Å². The van der Waals surface area contributed by atoms with Crippen LogP contribution in [0.1, 0.15) is 61.7 Å². The first-order valence-corrected chi connectivity index (χ1v) is 7.90. The van der Waals surface area contributed by atoms with Gasteiger partial charge in [0.25, 0.3) is 0 Å². The third kappa shape index (κ3) is 6.21. The minimum atomic E-state index is -0.345. The first-order chi connectivity index (χ1) is 8.94. The summed E-state index contributed by atoms with van der Waals surface area (Å²) in [5.74, 6) is -0.345. The maximum atomic E-state index is 11.0. The Hall–Kier alpha value is -0.870. The smallest absolute Gasteiger partial charge is 0.249 e. The summed E-state index contributed by atoms with van der Waals surface area (Å²) in [6, 6.07) is 1.88. The normalized spacial score (nSPS) is 11.7. The number of carbonyl (C=O) groups excluding carboxylic acids is 1. The number of hydrogen-bond donors (Lipinski definition) is 2. The van der Waals surface area contributed by atoms with Crippen molar-refractivity contribution in [2.24, 2.45) is 11.1 Å². The fourth-order valence-electron chi connectivity index (χ4n) is 2.07. The van der Waals surface area contributed by atoms with Gasteiger partial charge in [0.2, 0.25) is 5.91 Å². The van der Waals surface area contributed by atoms with Crippen LogP contribution in [0.5, 0.6) is 0 Å². The Morgan fingerprint density at radius 1 is 1.42 bits per heavy atom. The van der Waals surface area contributed by atoms with Crippen LogP contribution in [0.2, 0.25) is 0 Å². The fraction of sp³-hybridized carbons (Fsp3) is 0.667. The molecule has 3 nitrogen and oxygen atoms in total. The molecule has 0 aliphatic rings. The highest BCUT2D eigenvalue weighted by molar-refractivity contribution is 7.10. The lowest BCUT2D eigenvalue weighted by Crippen LogP contribution is -2.28. The van der Waals surface area contributed by atoms with E-state index in [0.717, 1.165) is 18.0 Å². The highest BCUT2D eigenvalue weighted by Gasteiger charge is 2.16. The van der Waals surface area contributed by atoms with Crippen molar-refractivity contribution in [3.63, 3.8) is 0 Å². The zero-order valence-corrected chi connectivity index (χ0v) is 13.1. The van der Waals surface area contributed by atoms with E-state index in [9.17, 15) is 4.79 Å². The predicted octanol–water partition coefficient (Wildman–Crippen LogP) is 3.54. The molecule has 0 aromatic carbocycles. The van der Waals surface area contributed by atoms with Gasteiger partial charge in [-0.05, 0) is 17.9 Å². The van der Waals surface area contributed by atoms with Gasteiger partial charge in [-0.3, -0.25) is 4.79 Å². The summed E-state index contributed by atoms with van der Waals surface area (Å²) in [6.07, 6.45) is 5.14. The Morgan fingerprint density at radius 2 is 2.16 bits per heavy atom. The molecular formula is C15H26N2OS. The maximum absolute atomic E-state index is 11.0. The number of carbonyl (C=O) groups is 1. The first-order valence-electron chi connectivity index (χ1n) is 7.02. The second-order valence-electron chi connectivity index (χ2n) is 5.89. The molecule has 1 rings (SSSR count). The van der Waals surface area contributed by atoms with Crippen molar-refractivity contribution < 1.29 is 4.79 Å². The molecule has 0 bridgehead atoms. The van der Waals surface area contributed by atoms with E-state index in [-0.39, 0.29) is 5.91 Å². The third-order valence-electron chi connectivity index (χ3n) is 3.30. The van der Waals surface area contributed by atoms with Gasteiger partial charge in [0.05, 0.1) is 5.56 Å². The van der Waals surface area contributed by atoms with Crippen molar-refractivity contribution in [1.29, 1.82) is 0 Å². The van der Waals surface area contributed by atoms with Crippen LogP contribution >= 0.6 is 11.3 Å². The van der Waals surface area contributed by atoms with Crippen LogP contribution < -0.4 is 11.1 Å². The standard InChI is InChI=1S/C15H26N2OS/c1-4-5-6-7-15(2,3)11-17-9-13-8-12(10-19-13)14(16)18/h8,10,17H,4-7,9,11H2,1-3H3,(H2,16,18). The molecular weight excluding hydrogens is 256 g/mol. The average molecular weight is 282 g/mol. The van der Waals surface area contributed by atoms with E-state index in [0.29, 0.717) is 11.0 Å². The Labute approximate surface area is 120 Å². The van der Waals surface area contributed by atoms with E-state index in [4.69, 9.17) is 5.73 Å². The number of thiophene rings is 1. The molecule has 1 aromatic heterocycles. The summed E-state index contributed by atoms with van der Waals surface area (Å²) >= 11 is 1.59. The molecule has 0 saturated carbocycles. The molecule has 0 saturated heterocycles. The van der Waals surface area contributed by atoms with Gasteiger partial charge in [-0.15, -0.1) is 11.3 Å². The molecule has 0 radical (unpaired) electrons. The molecule has 19 heavy (non-hydrogen) atoms. The lowest BCUT2D eigenvalue weighted by Gasteiger charge is -2.25. The molecule has 4 heteroatoms. The second-order valence-corrected chi connectivity index (χ2v) is 6.89. The number of nitrogens with one attached hydrogen (secondary N) is 1. The second kappa shape index (κ2) is 7.65. The van der Waals surface area contributed by atoms with Crippen molar-refractivity contribution >= 4 is 17.2 Å². The summed E-state index contributed by atoms with van der Waals surface area (Å²) in [7, 11) is 0. The van der Waals surface area contributed by atoms with Crippen molar-refractivity contribution in [3.8, 4) is 0 Å². The van der Waals surface area contributed by atoms with E-state index < -0.39 is 0 Å². The lowest BCUT2D eigenvalue weighted by molar-refractivity contribution is 0.100. The van der Waals surface area contributed by atoms with Gasteiger partial charge in [-0.2, -0.15) is 0 Å². The molecule has 0 unspecified atom stereocenters. The fourth-order valence-corrected chi connectivity index (χ4v) is 2.91. The molecule has 0 atom stereocenters. The molecule has 1 amide bonds. The van der Waals surface area contributed by atoms with Crippen molar-refractivity contribution in [2.75, 3.05) is 6.54 Å². The van der Waals surface area contributed by atoms with E-state index >= 15 is 0 Å². The van der Waals surface area contributed by atoms with Crippen LogP contribution in [0.15, 0.2) is 11.4 Å². The minimum absolute atomic E-state index is 0.332. The number of unbranched alkanes of at least 4 members (excludes halogenated alkanes) is 2. The van der Waals surface area contributed by atoms with E-state index in [2.05, 4.69) is 26.1 Å². The SMILES string of the molecule is CCCCCC(C)(C)CNCc1cc(C(N)=O)cs1. The quantitative estimate of drug-likeness (QED) is 0.681. The van der Waals surface area contributed by atoms with Gasteiger partial charge in [0, 0.05) is 23.3 Å². The Balaban J connectivity index is 2.30. The molecule has 0 aliphatic heterocycles. The maximum Gasteiger partial charge on any atom is 0.249 e.